The van der Waals surface area contributed by atoms with E-state index in [0.717, 1.165) is 5.56 Å². The van der Waals surface area contributed by atoms with Crippen molar-refractivity contribution in [2.45, 2.75) is 13.0 Å². The first-order chi connectivity index (χ1) is 14.1. The van der Waals surface area contributed by atoms with Crippen molar-refractivity contribution in [3.8, 4) is 11.5 Å². The minimum absolute atomic E-state index is 0.220. The number of rotatable bonds is 5. The summed E-state index contributed by atoms with van der Waals surface area (Å²) < 4.78 is 12.5. The van der Waals surface area contributed by atoms with E-state index in [1.54, 1.807) is 18.9 Å². The van der Waals surface area contributed by atoms with Crippen LogP contribution in [0.15, 0.2) is 66.1 Å². The van der Waals surface area contributed by atoms with Crippen molar-refractivity contribution in [2.75, 3.05) is 24.9 Å². The molecule has 8 heteroatoms. The SMILES string of the molecule is COc1ccc([C@@H]2C(C(=O)Nc3ccccc3)=C(C)Nc3ncnn32)cc1OC. The second kappa shape index (κ2) is 7.67. The molecule has 2 heterocycles. The molecular formula is C21H21N5O3. The molecule has 2 N–H and O–H groups in total. The Labute approximate surface area is 168 Å². The van der Waals surface area contributed by atoms with Gasteiger partial charge >= 0.3 is 0 Å². The molecule has 8 nitrogen and oxygen atoms in total. The number of aromatic nitrogens is 3. The van der Waals surface area contributed by atoms with Gasteiger partial charge < -0.3 is 20.1 Å². The van der Waals surface area contributed by atoms with Crippen molar-refractivity contribution < 1.29 is 14.3 Å². The Morgan fingerprint density at radius 3 is 2.59 bits per heavy atom. The molecule has 0 radical (unpaired) electrons. The molecule has 0 spiro atoms. The van der Waals surface area contributed by atoms with Gasteiger partial charge in [-0.15, -0.1) is 0 Å². The quantitative estimate of drug-likeness (QED) is 0.694. The highest BCUT2D eigenvalue weighted by atomic mass is 16.5. The standard InChI is InChI=1S/C21H21N5O3/c1-13-18(20(27)25-15-7-5-4-6-8-15)19(26-21(24-13)22-12-23-26)14-9-10-16(28-2)17(11-14)29-3/h4-12,19H,1-3H3,(H,25,27)(H,22,23,24)/t19-/m1/s1. The first kappa shape index (κ1) is 18.5. The van der Waals surface area contributed by atoms with Gasteiger partial charge in [0.1, 0.15) is 12.4 Å². The Bertz CT molecular complexity index is 1070. The van der Waals surface area contributed by atoms with E-state index in [0.29, 0.717) is 34.4 Å². The summed E-state index contributed by atoms with van der Waals surface area (Å²) in [5.41, 5.74) is 2.79. The van der Waals surface area contributed by atoms with Gasteiger partial charge in [0.25, 0.3) is 5.91 Å². The molecule has 0 unspecified atom stereocenters. The van der Waals surface area contributed by atoms with Gasteiger partial charge in [0.15, 0.2) is 11.5 Å². The summed E-state index contributed by atoms with van der Waals surface area (Å²) in [6.45, 7) is 1.85. The molecule has 0 saturated heterocycles. The number of hydrogen-bond acceptors (Lipinski definition) is 6. The summed E-state index contributed by atoms with van der Waals surface area (Å²) in [5.74, 6) is 1.53. The molecular weight excluding hydrogens is 370 g/mol. The van der Waals surface area contributed by atoms with Gasteiger partial charge in [0.05, 0.1) is 19.8 Å². The monoisotopic (exact) mass is 391 g/mol. The molecule has 1 aromatic heterocycles. The molecule has 4 rings (SSSR count). The number of methoxy groups -OCH3 is 2. The van der Waals surface area contributed by atoms with Crippen molar-refractivity contribution in [1.82, 2.24) is 14.8 Å². The van der Waals surface area contributed by atoms with E-state index in [1.807, 2.05) is 55.5 Å². The molecule has 0 fully saturated rings. The predicted molar refractivity (Wildman–Crippen MR) is 109 cm³/mol. The predicted octanol–water partition coefficient (Wildman–Crippen LogP) is 3.22. The van der Waals surface area contributed by atoms with E-state index < -0.39 is 6.04 Å². The highest BCUT2D eigenvalue weighted by Gasteiger charge is 2.34. The van der Waals surface area contributed by atoms with E-state index in [-0.39, 0.29) is 5.91 Å². The fourth-order valence-electron chi connectivity index (χ4n) is 3.44. The van der Waals surface area contributed by atoms with Crippen molar-refractivity contribution in [1.29, 1.82) is 0 Å². The number of hydrogen-bond donors (Lipinski definition) is 2. The molecule has 0 aliphatic carbocycles. The van der Waals surface area contributed by atoms with E-state index in [4.69, 9.17) is 9.47 Å². The lowest BCUT2D eigenvalue weighted by atomic mass is 9.94. The van der Waals surface area contributed by atoms with Gasteiger partial charge in [-0.2, -0.15) is 10.1 Å². The van der Waals surface area contributed by atoms with Gasteiger partial charge in [0.2, 0.25) is 5.95 Å². The smallest absolute Gasteiger partial charge is 0.255 e. The van der Waals surface area contributed by atoms with Crippen LogP contribution in [0.25, 0.3) is 0 Å². The molecule has 1 atom stereocenters. The van der Waals surface area contributed by atoms with Crippen molar-refractivity contribution in [3.05, 3.63) is 71.7 Å². The van der Waals surface area contributed by atoms with Crippen molar-refractivity contribution >= 4 is 17.5 Å². The molecule has 29 heavy (non-hydrogen) atoms. The number of para-hydroxylation sites is 1. The number of anilines is 2. The van der Waals surface area contributed by atoms with Gasteiger partial charge in [-0.25, -0.2) is 4.68 Å². The number of carbonyl (C=O) groups excluding carboxylic acids is 1. The van der Waals surface area contributed by atoms with Crippen LogP contribution in [0.4, 0.5) is 11.6 Å². The van der Waals surface area contributed by atoms with Gasteiger partial charge in [0, 0.05) is 11.4 Å². The summed E-state index contributed by atoms with van der Waals surface area (Å²) in [6.07, 6.45) is 1.46. The zero-order valence-electron chi connectivity index (χ0n) is 16.3. The molecule has 2 aromatic carbocycles. The Morgan fingerprint density at radius 2 is 1.86 bits per heavy atom. The topological polar surface area (TPSA) is 90.3 Å². The number of carbonyl (C=O) groups is 1. The minimum atomic E-state index is -0.475. The van der Waals surface area contributed by atoms with Crippen LogP contribution in [0, 0.1) is 0 Å². The average Bonchev–Trinajstić information content (AvgIpc) is 3.20. The van der Waals surface area contributed by atoms with Gasteiger partial charge in [-0.3, -0.25) is 4.79 Å². The summed E-state index contributed by atoms with van der Waals surface area (Å²) in [4.78, 5) is 17.5. The number of benzene rings is 2. The Kier molecular flexibility index (Phi) is 4.90. The molecule has 3 aromatic rings. The fraction of sp³-hybridized carbons (Fsp3) is 0.190. The molecule has 1 aliphatic heterocycles. The third-order valence-electron chi connectivity index (χ3n) is 4.79. The lowest BCUT2D eigenvalue weighted by Crippen LogP contribution is -2.31. The van der Waals surface area contributed by atoms with Crippen LogP contribution in [0.5, 0.6) is 11.5 Å². The molecule has 0 saturated carbocycles. The summed E-state index contributed by atoms with van der Waals surface area (Å²) in [5, 5.41) is 10.5. The number of ether oxygens (including phenoxy) is 2. The van der Waals surface area contributed by atoms with Crippen molar-refractivity contribution in [2.24, 2.45) is 0 Å². The second-order valence-electron chi connectivity index (χ2n) is 6.53. The maximum Gasteiger partial charge on any atom is 0.255 e. The Morgan fingerprint density at radius 1 is 1.10 bits per heavy atom. The molecule has 0 bridgehead atoms. The maximum atomic E-state index is 13.2. The Balaban J connectivity index is 1.79. The van der Waals surface area contributed by atoms with Crippen LogP contribution >= 0.6 is 0 Å². The van der Waals surface area contributed by atoms with E-state index in [2.05, 4.69) is 20.7 Å². The van der Waals surface area contributed by atoms with E-state index >= 15 is 0 Å². The summed E-state index contributed by atoms with van der Waals surface area (Å²) >= 11 is 0. The van der Waals surface area contributed by atoms with Gasteiger partial charge in [-0.1, -0.05) is 24.3 Å². The van der Waals surface area contributed by atoms with Crippen LogP contribution in [-0.2, 0) is 4.79 Å². The molecule has 1 aliphatic rings. The number of fused-ring (bicyclic) bond motifs is 1. The normalized spacial score (nSPS) is 15.3. The lowest BCUT2D eigenvalue weighted by Gasteiger charge is -2.29. The van der Waals surface area contributed by atoms with Crippen molar-refractivity contribution in [3.63, 3.8) is 0 Å². The average molecular weight is 391 g/mol. The van der Waals surface area contributed by atoms with E-state index in [1.165, 1.54) is 6.33 Å². The summed E-state index contributed by atoms with van der Waals surface area (Å²) in [7, 11) is 3.16. The van der Waals surface area contributed by atoms with E-state index in [9.17, 15) is 4.79 Å². The largest absolute Gasteiger partial charge is 0.493 e. The molecule has 148 valence electrons. The van der Waals surface area contributed by atoms with Crippen LogP contribution in [0.1, 0.15) is 18.5 Å². The highest BCUT2D eigenvalue weighted by molar-refractivity contribution is 6.06. The zero-order chi connectivity index (χ0) is 20.4. The zero-order valence-corrected chi connectivity index (χ0v) is 16.3. The number of allylic oxidation sites excluding steroid dienone is 1. The third-order valence-corrected chi connectivity index (χ3v) is 4.79. The van der Waals surface area contributed by atoms with Crippen LogP contribution in [0.2, 0.25) is 0 Å². The highest BCUT2D eigenvalue weighted by Crippen LogP contribution is 2.38. The number of nitrogens with one attached hydrogen (secondary N) is 2. The maximum absolute atomic E-state index is 13.2. The first-order valence-corrected chi connectivity index (χ1v) is 9.08. The van der Waals surface area contributed by atoms with Gasteiger partial charge in [-0.05, 0) is 36.8 Å². The van der Waals surface area contributed by atoms with Crippen LogP contribution < -0.4 is 20.1 Å². The van der Waals surface area contributed by atoms with Crippen LogP contribution in [0.3, 0.4) is 0 Å². The first-order valence-electron chi connectivity index (χ1n) is 9.08. The lowest BCUT2D eigenvalue weighted by molar-refractivity contribution is -0.113. The summed E-state index contributed by atoms with van der Waals surface area (Å²) in [6, 6.07) is 14.4. The minimum Gasteiger partial charge on any atom is -0.493 e. The molecule has 1 amide bonds. The number of nitrogens with zero attached hydrogens (tertiary/aromatic N) is 3. The number of amides is 1. The Hall–Kier alpha value is -3.81. The van der Waals surface area contributed by atoms with Crippen LogP contribution in [-0.4, -0.2) is 34.9 Å². The third kappa shape index (κ3) is 3.40. The second-order valence-corrected chi connectivity index (χ2v) is 6.53. The fourth-order valence-corrected chi connectivity index (χ4v) is 3.44.